The lowest BCUT2D eigenvalue weighted by molar-refractivity contribution is 0.0968. The monoisotopic (exact) mass is 403 g/mol. The molecule has 0 radical (unpaired) electrons. The molecule has 0 aromatic heterocycles. The van der Waals surface area contributed by atoms with E-state index in [1.165, 1.54) is 56.7 Å². The second-order valence-electron chi connectivity index (χ2n) is 7.00. The zero-order chi connectivity index (χ0) is 19.4. The van der Waals surface area contributed by atoms with E-state index in [9.17, 15) is 14.3 Å². The van der Waals surface area contributed by atoms with E-state index >= 15 is 0 Å². The summed E-state index contributed by atoms with van der Waals surface area (Å²) in [5, 5.41) is 19.0. The molecule has 0 saturated heterocycles. The number of ketones is 1. The molecule has 0 fully saturated rings. The zero-order valence-electron chi connectivity index (χ0n) is 16.3. The van der Waals surface area contributed by atoms with Gasteiger partial charge >= 0.3 is 0 Å². The van der Waals surface area contributed by atoms with Crippen LogP contribution in [0.1, 0.15) is 93.2 Å². The molecule has 2 unspecified atom stereocenters. The summed E-state index contributed by atoms with van der Waals surface area (Å²) in [4.78, 5) is 12.3. The van der Waals surface area contributed by atoms with Crippen molar-refractivity contribution in [2.75, 3.05) is 6.61 Å². The van der Waals surface area contributed by atoms with E-state index in [0.29, 0.717) is 6.42 Å². The number of hydrogen-bond donors (Lipinski definition) is 3. The molecule has 156 valence electrons. The summed E-state index contributed by atoms with van der Waals surface area (Å²) in [5.74, 6) is -0.984. The van der Waals surface area contributed by atoms with Gasteiger partial charge < -0.3 is 15.9 Å². The largest absolute Gasteiger partial charge is 0.395 e. The Morgan fingerprint density at radius 1 is 1.07 bits per heavy atom. The fraction of sp³-hybridized carbons (Fsp3) is 0.667. The Balaban J connectivity index is 0.00000676. The predicted octanol–water partition coefficient (Wildman–Crippen LogP) is 4.70. The fourth-order valence-corrected chi connectivity index (χ4v) is 3.05. The SMILES string of the molecule is CCCCCCCCCCCC(=O)c1cccc(C(O)C(N)CO)c1F.Cl. The Morgan fingerprint density at radius 2 is 1.63 bits per heavy atom. The third kappa shape index (κ3) is 9.15. The summed E-state index contributed by atoms with van der Waals surface area (Å²) in [6, 6.07) is 3.39. The number of unbranched alkanes of at least 4 members (excludes halogenated alkanes) is 8. The smallest absolute Gasteiger partial charge is 0.165 e. The van der Waals surface area contributed by atoms with Crippen molar-refractivity contribution in [3.8, 4) is 0 Å². The maximum Gasteiger partial charge on any atom is 0.165 e. The van der Waals surface area contributed by atoms with Gasteiger partial charge in [0.25, 0.3) is 0 Å². The van der Waals surface area contributed by atoms with Crippen molar-refractivity contribution in [2.24, 2.45) is 5.73 Å². The number of aliphatic hydroxyl groups is 2. The van der Waals surface area contributed by atoms with Crippen LogP contribution in [0.25, 0.3) is 0 Å². The Labute approximate surface area is 168 Å². The standard InChI is InChI=1S/C21H34FNO3.ClH/c1-2-3-4-5-6-7-8-9-10-14-19(25)16-12-11-13-17(20(16)22)21(26)18(23)15-24;/h11-13,18,21,24,26H,2-10,14-15,23H2,1H3;1H. The van der Waals surface area contributed by atoms with E-state index < -0.39 is 24.6 Å². The highest BCUT2D eigenvalue weighted by molar-refractivity contribution is 5.96. The average Bonchev–Trinajstić information content (AvgIpc) is 2.65. The van der Waals surface area contributed by atoms with Crippen molar-refractivity contribution in [3.05, 3.63) is 35.1 Å². The molecule has 0 amide bonds. The molecule has 1 rings (SSSR count). The molecule has 27 heavy (non-hydrogen) atoms. The lowest BCUT2D eigenvalue weighted by Crippen LogP contribution is -2.32. The molecule has 0 saturated carbocycles. The Hall–Kier alpha value is -1.01. The van der Waals surface area contributed by atoms with Gasteiger partial charge in [0.1, 0.15) is 5.82 Å². The topological polar surface area (TPSA) is 83.5 Å². The van der Waals surface area contributed by atoms with Gasteiger partial charge in [-0.15, -0.1) is 12.4 Å². The molecule has 0 bridgehead atoms. The molecule has 4 N–H and O–H groups in total. The minimum atomic E-state index is -1.33. The van der Waals surface area contributed by atoms with Crippen LogP contribution in [0.3, 0.4) is 0 Å². The Kier molecular flexibility index (Phi) is 14.4. The second-order valence-corrected chi connectivity index (χ2v) is 7.00. The van der Waals surface area contributed by atoms with E-state index in [2.05, 4.69) is 6.92 Å². The van der Waals surface area contributed by atoms with Gasteiger partial charge in [0.2, 0.25) is 0 Å². The van der Waals surface area contributed by atoms with E-state index in [1.54, 1.807) is 0 Å². The Morgan fingerprint density at radius 3 is 2.19 bits per heavy atom. The highest BCUT2D eigenvalue weighted by Gasteiger charge is 2.23. The van der Waals surface area contributed by atoms with Gasteiger partial charge in [-0.2, -0.15) is 0 Å². The minimum absolute atomic E-state index is 0. The number of nitrogens with two attached hydrogens (primary N) is 1. The quantitative estimate of drug-likeness (QED) is 0.310. The van der Waals surface area contributed by atoms with Crippen molar-refractivity contribution >= 4 is 18.2 Å². The van der Waals surface area contributed by atoms with E-state index in [0.717, 1.165) is 19.3 Å². The lowest BCUT2D eigenvalue weighted by Gasteiger charge is -2.18. The summed E-state index contributed by atoms with van der Waals surface area (Å²) < 4.78 is 14.5. The molecule has 1 aromatic carbocycles. The normalized spacial score (nSPS) is 13.1. The van der Waals surface area contributed by atoms with E-state index in [1.807, 2.05) is 0 Å². The summed E-state index contributed by atoms with van der Waals surface area (Å²) in [6.07, 6.45) is 9.36. The van der Waals surface area contributed by atoms with Crippen molar-refractivity contribution in [1.82, 2.24) is 0 Å². The zero-order valence-corrected chi connectivity index (χ0v) is 17.1. The van der Waals surface area contributed by atoms with Gasteiger partial charge in [-0.1, -0.05) is 70.4 Å². The third-order valence-electron chi connectivity index (χ3n) is 4.77. The number of Topliss-reactive ketones (excluding diaryl/α,β-unsaturated/α-hetero) is 1. The second kappa shape index (κ2) is 15.0. The van der Waals surface area contributed by atoms with Crippen LogP contribution in [0.15, 0.2) is 18.2 Å². The van der Waals surface area contributed by atoms with Crippen molar-refractivity contribution in [2.45, 2.75) is 83.3 Å². The summed E-state index contributed by atoms with van der Waals surface area (Å²) in [7, 11) is 0. The molecule has 2 atom stereocenters. The number of rotatable bonds is 14. The predicted molar refractivity (Wildman–Crippen MR) is 110 cm³/mol. The first-order valence-corrected chi connectivity index (χ1v) is 9.89. The molecule has 1 aromatic rings. The first-order chi connectivity index (χ1) is 12.5. The lowest BCUT2D eigenvalue weighted by atomic mass is 9.96. The molecule has 0 spiro atoms. The van der Waals surface area contributed by atoms with Crippen molar-refractivity contribution < 1.29 is 19.4 Å². The van der Waals surface area contributed by atoms with Crippen LogP contribution in [0.5, 0.6) is 0 Å². The van der Waals surface area contributed by atoms with E-state index in [4.69, 9.17) is 10.8 Å². The molecule has 4 nitrogen and oxygen atoms in total. The molecule has 0 heterocycles. The minimum Gasteiger partial charge on any atom is -0.395 e. The number of benzene rings is 1. The number of halogens is 2. The fourth-order valence-electron chi connectivity index (χ4n) is 3.05. The molecule has 6 heteroatoms. The number of hydrogen-bond acceptors (Lipinski definition) is 4. The molecular weight excluding hydrogens is 369 g/mol. The Bertz CT molecular complexity index is 542. The molecular formula is C21H35ClFNO3. The van der Waals surface area contributed by atoms with Crippen LogP contribution in [0, 0.1) is 5.82 Å². The van der Waals surface area contributed by atoms with Gasteiger partial charge in [-0.3, -0.25) is 4.79 Å². The van der Waals surface area contributed by atoms with Crippen LogP contribution in [0.4, 0.5) is 4.39 Å². The molecule has 0 aliphatic rings. The highest BCUT2D eigenvalue weighted by atomic mass is 35.5. The van der Waals surface area contributed by atoms with Crippen molar-refractivity contribution in [3.63, 3.8) is 0 Å². The maximum atomic E-state index is 14.5. The van der Waals surface area contributed by atoms with Crippen LogP contribution in [-0.2, 0) is 0 Å². The first kappa shape index (κ1) is 26.0. The van der Waals surface area contributed by atoms with Crippen LogP contribution in [0.2, 0.25) is 0 Å². The van der Waals surface area contributed by atoms with Crippen LogP contribution >= 0.6 is 12.4 Å². The third-order valence-corrected chi connectivity index (χ3v) is 4.77. The number of carbonyl (C=O) groups excluding carboxylic acids is 1. The summed E-state index contributed by atoms with van der Waals surface area (Å²) in [6.45, 7) is 1.74. The van der Waals surface area contributed by atoms with E-state index in [-0.39, 0.29) is 29.3 Å². The average molecular weight is 404 g/mol. The molecule has 0 aliphatic heterocycles. The number of carbonyl (C=O) groups is 1. The van der Waals surface area contributed by atoms with Gasteiger partial charge in [0.05, 0.1) is 24.3 Å². The summed E-state index contributed by atoms with van der Waals surface area (Å²) >= 11 is 0. The van der Waals surface area contributed by atoms with Gasteiger partial charge in [0, 0.05) is 12.0 Å². The van der Waals surface area contributed by atoms with Crippen molar-refractivity contribution in [1.29, 1.82) is 0 Å². The van der Waals surface area contributed by atoms with Gasteiger partial charge in [0.15, 0.2) is 5.78 Å². The summed E-state index contributed by atoms with van der Waals surface area (Å²) in [5.41, 5.74) is 5.51. The highest BCUT2D eigenvalue weighted by Crippen LogP contribution is 2.23. The van der Waals surface area contributed by atoms with Crippen LogP contribution in [-0.4, -0.2) is 28.6 Å². The van der Waals surface area contributed by atoms with Crippen LogP contribution < -0.4 is 5.73 Å². The first-order valence-electron chi connectivity index (χ1n) is 9.89. The molecule has 0 aliphatic carbocycles. The van der Waals surface area contributed by atoms with Gasteiger partial charge in [-0.05, 0) is 12.5 Å². The van der Waals surface area contributed by atoms with Gasteiger partial charge in [-0.25, -0.2) is 4.39 Å². The number of aliphatic hydroxyl groups excluding tert-OH is 2. The maximum absolute atomic E-state index is 14.5.